The Kier molecular flexibility index (Phi) is 2.07. The van der Waals surface area contributed by atoms with Crippen LogP contribution in [0.25, 0.3) is 0 Å². The van der Waals surface area contributed by atoms with Gasteiger partial charge in [0.05, 0.1) is 11.2 Å². The first-order valence-electron chi connectivity index (χ1n) is 5.70. The van der Waals surface area contributed by atoms with Crippen LogP contribution in [-0.4, -0.2) is 23.4 Å². The molecule has 1 saturated heterocycles. The molecule has 1 aromatic heterocycles. The second-order valence-electron chi connectivity index (χ2n) is 4.75. The van der Waals surface area contributed by atoms with E-state index in [0.717, 1.165) is 44.6 Å². The van der Waals surface area contributed by atoms with Gasteiger partial charge >= 0.3 is 0 Å². The fourth-order valence-electron chi connectivity index (χ4n) is 2.20. The van der Waals surface area contributed by atoms with Gasteiger partial charge in [0.1, 0.15) is 0 Å². The Morgan fingerprint density at radius 1 is 1.40 bits per heavy atom. The number of nitrogens with two attached hydrogens (primary N) is 1. The summed E-state index contributed by atoms with van der Waals surface area (Å²) in [6, 6.07) is 2.16. The van der Waals surface area contributed by atoms with Crippen LogP contribution in [0, 0.1) is 0 Å². The van der Waals surface area contributed by atoms with Gasteiger partial charge in [-0.1, -0.05) is 0 Å². The summed E-state index contributed by atoms with van der Waals surface area (Å²) in [7, 11) is 0. The summed E-state index contributed by atoms with van der Waals surface area (Å²) in [4.78, 5) is 0. The Hall–Kier alpha value is -0.870. The lowest BCUT2D eigenvalue weighted by Crippen LogP contribution is -2.19. The fourth-order valence-corrected chi connectivity index (χ4v) is 2.20. The van der Waals surface area contributed by atoms with Crippen molar-refractivity contribution in [3.8, 4) is 0 Å². The second-order valence-corrected chi connectivity index (χ2v) is 4.75. The summed E-state index contributed by atoms with van der Waals surface area (Å²) < 4.78 is 5.35. The molecule has 3 rings (SSSR count). The molecular formula is C11H17N3O. The zero-order valence-electron chi connectivity index (χ0n) is 8.83. The van der Waals surface area contributed by atoms with Crippen LogP contribution < -0.4 is 5.73 Å². The van der Waals surface area contributed by atoms with Gasteiger partial charge in [-0.05, 0) is 31.7 Å². The third-order valence-corrected chi connectivity index (χ3v) is 3.56. The monoisotopic (exact) mass is 207 g/mol. The van der Waals surface area contributed by atoms with E-state index in [1.54, 1.807) is 0 Å². The molecule has 0 aromatic carbocycles. The highest BCUT2D eigenvalue weighted by Crippen LogP contribution is 2.42. The highest BCUT2D eigenvalue weighted by atomic mass is 16.5. The van der Waals surface area contributed by atoms with E-state index >= 15 is 0 Å². The number of nitrogens with zero attached hydrogens (tertiary/aromatic N) is 1. The number of hydrogen-bond donors (Lipinski definition) is 2. The first-order valence-corrected chi connectivity index (χ1v) is 5.70. The minimum absolute atomic E-state index is 0.111. The molecule has 1 aromatic rings. The summed E-state index contributed by atoms with van der Waals surface area (Å²) in [5.41, 5.74) is 8.28. The quantitative estimate of drug-likeness (QED) is 0.767. The molecule has 15 heavy (non-hydrogen) atoms. The van der Waals surface area contributed by atoms with E-state index in [1.807, 2.05) is 0 Å². The summed E-state index contributed by atoms with van der Waals surface area (Å²) >= 11 is 0. The van der Waals surface area contributed by atoms with Crippen LogP contribution in [-0.2, 0) is 10.3 Å². The number of nitrogens with one attached hydrogen (secondary N) is 1. The topological polar surface area (TPSA) is 63.9 Å². The number of aromatic amines is 1. The summed E-state index contributed by atoms with van der Waals surface area (Å²) in [5, 5.41) is 7.47. The van der Waals surface area contributed by atoms with Crippen LogP contribution in [0.2, 0.25) is 0 Å². The van der Waals surface area contributed by atoms with Gasteiger partial charge in [-0.3, -0.25) is 5.10 Å². The van der Waals surface area contributed by atoms with Crippen molar-refractivity contribution < 1.29 is 4.74 Å². The standard InChI is InChI=1S/C11H17N3O/c12-11(3-4-11)10-7-9(13-14-10)8-1-5-15-6-2-8/h7-8H,1-6,12H2,(H,13,14). The molecule has 3 N–H and O–H groups in total. The molecule has 0 unspecified atom stereocenters. The molecule has 0 amide bonds. The molecule has 2 heterocycles. The lowest BCUT2D eigenvalue weighted by atomic mass is 9.96. The van der Waals surface area contributed by atoms with Crippen LogP contribution in [0.3, 0.4) is 0 Å². The number of H-pyrrole nitrogens is 1. The molecule has 4 heteroatoms. The maximum absolute atomic E-state index is 6.10. The SMILES string of the molecule is NC1(c2cc(C3CCOCC3)[nH]n2)CC1. The molecule has 0 radical (unpaired) electrons. The average molecular weight is 207 g/mol. The van der Waals surface area contributed by atoms with Crippen LogP contribution in [0.1, 0.15) is 43.0 Å². The molecule has 2 fully saturated rings. The molecule has 0 bridgehead atoms. The van der Waals surface area contributed by atoms with Gasteiger partial charge in [0.2, 0.25) is 0 Å². The van der Waals surface area contributed by atoms with Crippen molar-refractivity contribution in [2.75, 3.05) is 13.2 Å². The van der Waals surface area contributed by atoms with Gasteiger partial charge in [-0.25, -0.2) is 0 Å². The molecular weight excluding hydrogens is 190 g/mol. The van der Waals surface area contributed by atoms with E-state index in [4.69, 9.17) is 10.5 Å². The van der Waals surface area contributed by atoms with E-state index in [9.17, 15) is 0 Å². The molecule has 1 aliphatic carbocycles. The van der Waals surface area contributed by atoms with E-state index < -0.39 is 0 Å². The Morgan fingerprint density at radius 2 is 2.13 bits per heavy atom. The van der Waals surface area contributed by atoms with Crippen molar-refractivity contribution in [3.05, 3.63) is 17.5 Å². The molecule has 0 spiro atoms. The Labute approximate surface area is 89.2 Å². The van der Waals surface area contributed by atoms with E-state index in [2.05, 4.69) is 16.3 Å². The third kappa shape index (κ3) is 1.68. The summed E-state index contributed by atoms with van der Waals surface area (Å²) in [6.45, 7) is 1.74. The number of ether oxygens (including phenoxy) is 1. The highest BCUT2D eigenvalue weighted by Gasteiger charge is 2.42. The van der Waals surface area contributed by atoms with Crippen molar-refractivity contribution >= 4 is 0 Å². The largest absolute Gasteiger partial charge is 0.381 e. The smallest absolute Gasteiger partial charge is 0.0823 e. The zero-order chi connectivity index (χ0) is 10.3. The average Bonchev–Trinajstić information content (AvgIpc) is 2.85. The lowest BCUT2D eigenvalue weighted by molar-refractivity contribution is 0.0845. The minimum atomic E-state index is -0.111. The molecule has 1 aliphatic heterocycles. The van der Waals surface area contributed by atoms with Crippen LogP contribution in [0.15, 0.2) is 6.07 Å². The van der Waals surface area contributed by atoms with Crippen LogP contribution >= 0.6 is 0 Å². The van der Waals surface area contributed by atoms with Gasteiger partial charge in [0, 0.05) is 24.8 Å². The van der Waals surface area contributed by atoms with Gasteiger partial charge in [-0.15, -0.1) is 0 Å². The molecule has 4 nitrogen and oxygen atoms in total. The van der Waals surface area contributed by atoms with Crippen molar-refractivity contribution in [1.82, 2.24) is 10.2 Å². The lowest BCUT2D eigenvalue weighted by Gasteiger charge is -2.20. The van der Waals surface area contributed by atoms with Crippen molar-refractivity contribution in [2.24, 2.45) is 5.73 Å². The highest BCUT2D eigenvalue weighted by molar-refractivity contribution is 5.25. The van der Waals surface area contributed by atoms with Gasteiger partial charge in [0.25, 0.3) is 0 Å². The van der Waals surface area contributed by atoms with Gasteiger partial charge in [0.15, 0.2) is 0 Å². The van der Waals surface area contributed by atoms with Gasteiger partial charge in [-0.2, -0.15) is 5.10 Å². The van der Waals surface area contributed by atoms with Crippen LogP contribution in [0.4, 0.5) is 0 Å². The van der Waals surface area contributed by atoms with E-state index in [0.29, 0.717) is 5.92 Å². The number of rotatable bonds is 2. The first kappa shape index (κ1) is 9.36. The predicted octanol–water partition coefficient (Wildman–Crippen LogP) is 1.25. The molecule has 82 valence electrons. The normalized spacial score (nSPS) is 25.4. The third-order valence-electron chi connectivity index (χ3n) is 3.56. The molecule has 2 aliphatic rings. The van der Waals surface area contributed by atoms with Crippen molar-refractivity contribution in [3.63, 3.8) is 0 Å². The Bertz CT molecular complexity index is 350. The number of hydrogen-bond acceptors (Lipinski definition) is 3. The Morgan fingerprint density at radius 3 is 2.80 bits per heavy atom. The number of aromatic nitrogens is 2. The maximum atomic E-state index is 6.10. The minimum Gasteiger partial charge on any atom is -0.381 e. The Balaban J connectivity index is 1.77. The zero-order valence-corrected chi connectivity index (χ0v) is 8.83. The fraction of sp³-hybridized carbons (Fsp3) is 0.727. The predicted molar refractivity (Wildman–Crippen MR) is 56.5 cm³/mol. The summed E-state index contributed by atoms with van der Waals surface area (Å²) in [6.07, 6.45) is 4.34. The first-order chi connectivity index (χ1) is 7.28. The maximum Gasteiger partial charge on any atom is 0.0823 e. The van der Waals surface area contributed by atoms with E-state index in [-0.39, 0.29) is 5.54 Å². The molecule has 1 saturated carbocycles. The summed E-state index contributed by atoms with van der Waals surface area (Å²) in [5.74, 6) is 0.586. The van der Waals surface area contributed by atoms with Gasteiger partial charge < -0.3 is 10.5 Å². The van der Waals surface area contributed by atoms with Crippen molar-refractivity contribution in [1.29, 1.82) is 0 Å². The second kappa shape index (κ2) is 3.32. The van der Waals surface area contributed by atoms with E-state index in [1.165, 1.54) is 5.69 Å². The van der Waals surface area contributed by atoms with Crippen molar-refractivity contribution in [2.45, 2.75) is 37.1 Å². The van der Waals surface area contributed by atoms with Crippen LogP contribution in [0.5, 0.6) is 0 Å². The molecule has 0 atom stereocenters.